The quantitative estimate of drug-likeness (QED) is 0.870. The lowest BCUT2D eigenvalue weighted by Gasteiger charge is -2.46. The topological polar surface area (TPSA) is 50.3 Å². The Kier molecular flexibility index (Phi) is 4.09. The molecule has 0 amide bonds. The first kappa shape index (κ1) is 15.1. The van der Waals surface area contributed by atoms with Crippen molar-refractivity contribution in [3.63, 3.8) is 0 Å². The molecular weight excluding hydrogens is 312 g/mol. The molecule has 0 bridgehead atoms. The van der Waals surface area contributed by atoms with Crippen LogP contribution in [0.25, 0.3) is 11.0 Å². The van der Waals surface area contributed by atoms with Gasteiger partial charge in [-0.1, -0.05) is 11.6 Å². The molecule has 1 aromatic heterocycles. The Morgan fingerprint density at radius 1 is 1.13 bits per heavy atom. The fraction of sp³-hybridized carbons (Fsp3) is 0.529. The molecule has 2 fully saturated rings. The fourth-order valence-corrected chi connectivity index (χ4v) is 3.91. The second-order valence-corrected chi connectivity index (χ2v) is 6.79. The zero-order valence-electron chi connectivity index (χ0n) is 13.1. The summed E-state index contributed by atoms with van der Waals surface area (Å²) in [4.78, 5) is 11.9. The normalized spacial score (nSPS) is 21.5. The SMILES string of the molecule is Clc1ccc2nc(N3CCNCCC34CCOCC4)cnc2c1. The van der Waals surface area contributed by atoms with Crippen LogP contribution in [-0.2, 0) is 4.74 Å². The van der Waals surface area contributed by atoms with Gasteiger partial charge in [0.15, 0.2) is 0 Å². The van der Waals surface area contributed by atoms with Gasteiger partial charge in [-0.2, -0.15) is 0 Å². The molecule has 2 saturated heterocycles. The van der Waals surface area contributed by atoms with Crippen LogP contribution in [-0.4, -0.2) is 48.4 Å². The first-order chi connectivity index (χ1) is 11.3. The summed E-state index contributed by atoms with van der Waals surface area (Å²) in [5, 5.41) is 4.21. The monoisotopic (exact) mass is 332 g/mol. The molecule has 5 nitrogen and oxygen atoms in total. The molecular formula is C17H21ClN4O. The van der Waals surface area contributed by atoms with E-state index in [4.69, 9.17) is 21.3 Å². The van der Waals surface area contributed by atoms with Crippen molar-refractivity contribution in [3.8, 4) is 0 Å². The maximum atomic E-state index is 6.04. The number of anilines is 1. The van der Waals surface area contributed by atoms with Crippen LogP contribution in [0.3, 0.4) is 0 Å². The summed E-state index contributed by atoms with van der Waals surface area (Å²) in [5.74, 6) is 0.963. The Hall–Kier alpha value is -1.43. The van der Waals surface area contributed by atoms with Gasteiger partial charge in [-0.05, 0) is 44.0 Å². The molecule has 2 aliphatic heterocycles. The van der Waals surface area contributed by atoms with Gasteiger partial charge in [0.2, 0.25) is 0 Å². The Morgan fingerprint density at radius 2 is 2.00 bits per heavy atom. The molecule has 23 heavy (non-hydrogen) atoms. The number of fused-ring (bicyclic) bond motifs is 1. The number of nitrogens with zero attached hydrogens (tertiary/aromatic N) is 3. The second-order valence-electron chi connectivity index (χ2n) is 6.35. The van der Waals surface area contributed by atoms with Crippen LogP contribution < -0.4 is 10.2 Å². The summed E-state index contributed by atoms with van der Waals surface area (Å²) in [6.45, 7) is 4.63. The highest BCUT2D eigenvalue weighted by Crippen LogP contribution is 2.35. The van der Waals surface area contributed by atoms with Gasteiger partial charge in [0.05, 0.1) is 17.2 Å². The number of hydrogen-bond acceptors (Lipinski definition) is 5. The Labute approximate surface area is 141 Å². The lowest BCUT2D eigenvalue weighted by Crippen LogP contribution is -2.53. The van der Waals surface area contributed by atoms with Gasteiger partial charge < -0.3 is 15.0 Å². The van der Waals surface area contributed by atoms with Crippen molar-refractivity contribution in [2.24, 2.45) is 0 Å². The van der Waals surface area contributed by atoms with Crippen molar-refractivity contribution in [3.05, 3.63) is 29.4 Å². The van der Waals surface area contributed by atoms with Crippen molar-refractivity contribution in [2.75, 3.05) is 37.7 Å². The molecule has 122 valence electrons. The second kappa shape index (κ2) is 6.23. The number of aromatic nitrogens is 2. The lowest BCUT2D eigenvalue weighted by atomic mass is 9.85. The summed E-state index contributed by atoms with van der Waals surface area (Å²) >= 11 is 6.04. The number of hydrogen-bond donors (Lipinski definition) is 1. The Morgan fingerprint density at radius 3 is 2.87 bits per heavy atom. The Bertz CT molecular complexity index is 702. The predicted molar refractivity (Wildman–Crippen MR) is 92.2 cm³/mol. The standard InChI is InChI=1S/C17H21ClN4O/c18-13-1-2-14-15(11-13)20-12-16(21-14)22-8-7-19-6-3-17(22)4-9-23-10-5-17/h1-2,11-12,19H,3-10H2. The summed E-state index contributed by atoms with van der Waals surface area (Å²) in [6, 6.07) is 5.68. The molecule has 2 aromatic rings. The van der Waals surface area contributed by atoms with Crippen LogP contribution in [0.1, 0.15) is 19.3 Å². The van der Waals surface area contributed by atoms with E-state index in [2.05, 4.69) is 15.2 Å². The molecule has 0 saturated carbocycles. The Balaban J connectivity index is 1.74. The first-order valence-electron chi connectivity index (χ1n) is 8.25. The highest BCUT2D eigenvalue weighted by molar-refractivity contribution is 6.31. The van der Waals surface area contributed by atoms with E-state index in [-0.39, 0.29) is 5.54 Å². The van der Waals surface area contributed by atoms with Crippen molar-refractivity contribution in [1.29, 1.82) is 0 Å². The minimum absolute atomic E-state index is 0.135. The fourth-order valence-electron chi connectivity index (χ4n) is 3.74. The molecule has 2 aliphatic rings. The van der Waals surface area contributed by atoms with Gasteiger partial charge in [0.25, 0.3) is 0 Å². The van der Waals surface area contributed by atoms with Crippen LogP contribution >= 0.6 is 11.6 Å². The largest absolute Gasteiger partial charge is 0.381 e. The lowest BCUT2D eigenvalue weighted by molar-refractivity contribution is 0.0485. The summed E-state index contributed by atoms with van der Waals surface area (Å²) in [7, 11) is 0. The third-order valence-corrected chi connectivity index (χ3v) is 5.28. The van der Waals surface area contributed by atoms with Crippen LogP contribution in [0, 0.1) is 0 Å². The summed E-state index contributed by atoms with van der Waals surface area (Å²) in [6.07, 6.45) is 5.11. The van der Waals surface area contributed by atoms with E-state index in [1.165, 1.54) is 0 Å². The molecule has 0 aliphatic carbocycles. The molecule has 1 aromatic carbocycles. The molecule has 0 radical (unpaired) electrons. The molecule has 6 heteroatoms. The molecule has 0 unspecified atom stereocenters. The maximum absolute atomic E-state index is 6.04. The van der Waals surface area contributed by atoms with E-state index in [1.54, 1.807) is 0 Å². The molecule has 1 N–H and O–H groups in total. The van der Waals surface area contributed by atoms with Crippen LogP contribution in [0.15, 0.2) is 24.4 Å². The minimum atomic E-state index is 0.135. The van der Waals surface area contributed by atoms with Gasteiger partial charge in [-0.3, -0.25) is 4.98 Å². The third kappa shape index (κ3) is 2.89. The maximum Gasteiger partial charge on any atom is 0.148 e. The highest BCUT2D eigenvalue weighted by atomic mass is 35.5. The zero-order valence-corrected chi connectivity index (χ0v) is 13.9. The number of rotatable bonds is 1. The van der Waals surface area contributed by atoms with Crippen LogP contribution in [0.5, 0.6) is 0 Å². The van der Waals surface area contributed by atoms with E-state index >= 15 is 0 Å². The molecule has 0 atom stereocenters. The third-order valence-electron chi connectivity index (χ3n) is 5.04. The average molecular weight is 333 g/mol. The van der Waals surface area contributed by atoms with Crippen LogP contribution in [0.4, 0.5) is 5.82 Å². The average Bonchev–Trinajstić information content (AvgIpc) is 2.78. The smallest absolute Gasteiger partial charge is 0.148 e. The van der Waals surface area contributed by atoms with Crippen LogP contribution in [0.2, 0.25) is 5.02 Å². The molecule has 1 spiro atoms. The minimum Gasteiger partial charge on any atom is -0.381 e. The summed E-state index contributed by atoms with van der Waals surface area (Å²) < 4.78 is 5.61. The van der Waals surface area contributed by atoms with Crippen molar-refractivity contribution < 1.29 is 4.74 Å². The van der Waals surface area contributed by atoms with E-state index in [0.29, 0.717) is 5.02 Å². The van der Waals surface area contributed by atoms with Crippen molar-refractivity contribution in [1.82, 2.24) is 15.3 Å². The number of halogens is 1. The number of nitrogens with one attached hydrogen (secondary N) is 1. The predicted octanol–water partition coefficient (Wildman–Crippen LogP) is 2.63. The van der Waals surface area contributed by atoms with Crippen molar-refractivity contribution >= 4 is 28.5 Å². The van der Waals surface area contributed by atoms with Gasteiger partial charge in [0, 0.05) is 36.9 Å². The highest BCUT2D eigenvalue weighted by Gasteiger charge is 2.40. The van der Waals surface area contributed by atoms with E-state index < -0.39 is 0 Å². The first-order valence-corrected chi connectivity index (χ1v) is 8.63. The number of ether oxygens (including phenoxy) is 1. The van der Waals surface area contributed by atoms with Gasteiger partial charge in [-0.25, -0.2) is 4.98 Å². The van der Waals surface area contributed by atoms with E-state index in [1.807, 2.05) is 24.4 Å². The van der Waals surface area contributed by atoms with E-state index in [9.17, 15) is 0 Å². The van der Waals surface area contributed by atoms with E-state index in [0.717, 1.165) is 69.0 Å². The van der Waals surface area contributed by atoms with Gasteiger partial charge >= 0.3 is 0 Å². The van der Waals surface area contributed by atoms with Gasteiger partial charge in [0.1, 0.15) is 5.82 Å². The molecule has 4 rings (SSSR count). The van der Waals surface area contributed by atoms with Crippen molar-refractivity contribution in [2.45, 2.75) is 24.8 Å². The zero-order chi connectivity index (χ0) is 15.7. The molecule has 3 heterocycles. The van der Waals surface area contributed by atoms with Gasteiger partial charge in [-0.15, -0.1) is 0 Å². The summed E-state index contributed by atoms with van der Waals surface area (Å²) in [5.41, 5.74) is 1.87. The number of benzene rings is 1.